The molecule has 0 fully saturated rings. The highest BCUT2D eigenvalue weighted by atomic mass is 19.4. The van der Waals surface area contributed by atoms with Gasteiger partial charge in [-0.15, -0.1) is 0 Å². The van der Waals surface area contributed by atoms with Crippen LogP contribution in [0.25, 0.3) is 10.9 Å². The lowest BCUT2D eigenvalue weighted by Crippen LogP contribution is -2.22. The molecule has 3 rings (SSSR count). The van der Waals surface area contributed by atoms with Crippen molar-refractivity contribution in [3.63, 3.8) is 0 Å². The summed E-state index contributed by atoms with van der Waals surface area (Å²) in [7, 11) is 0. The van der Waals surface area contributed by atoms with Crippen molar-refractivity contribution in [1.29, 1.82) is 0 Å². The number of alkyl halides is 3. The lowest BCUT2D eigenvalue weighted by Gasteiger charge is -2.09. The SMILES string of the molecule is CCc1cn(NC(=O)c2cncnc2)c2ccc(C(F)(F)F)cc12. The average molecular weight is 334 g/mol. The quantitative estimate of drug-likeness (QED) is 0.799. The molecule has 5 nitrogen and oxygen atoms in total. The van der Waals surface area contributed by atoms with Crippen molar-refractivity contribution in [3.8, 4) is 0 Å². The van der Waals surface area contributed by atoms with Gasteiger partial charge in [-0.25, -0.2) is 9.97 Å². The van der Waals surface area contributed by atoms with Gasteiger partial charge >= 0.3 is 6.18 Å². The van der Waals surface area contributed by atoms with Gasteiger partial charge in [0, 0.05) is 24.0 Å². The predicted molar refractivity (Wildman–Crippen MR) is 82.0 cm³/mol. The smallest absolute Gasteiger partial charge is 0.267 e. The molecule has 2 aromatic heterocycles. The molecule has 1 aromatic carbocycles. The largest absolute Gasteiger partial charge is 0.416 e. The molecule has 24 heavy (non-hydrogen) atoms. The average Bonchev–Trinajstić information content (AvgIpc) is 2.92. The van der Waals surface area contributed by atoms with E-state index in [4.69, 9.17) is 0 Å². The second-order valence-corrected chi connectivity index (χ2v) is 5.18. The number of nitrogens with one attached hydrogen (secondary N) is 1. The molecule has 1 amide bonds. The summed E-state index contributed by atoms with van der Waals surface area (Å²) in [5.41, 5.74) is 3.37. The molecular formula is C16H13F3N4O. The third-order valence-corrected chi connectivity index (χ3v) is 3.64. The summed E-state index contributed by atoms with van der Waals surface area (Å²) >= 11 is 0. The Labute approximate surface area is 135 Å². The molecule has 124 valence electrons. The Morgan fingerprint density at radius 1 is 1.25 bits per heavy atom. The normalized spacial score (nSPS) is 11.7. The number of hydrogen-bond donors (Lipinski definition) is 1. The van der Waals surface area contributed by atoms with E-state index in [-0.39, 0.29) is 5.56 Å². The standard InChI is InChI=1S/C16H13F3N4O/c1-2-10-8-23(22-15(24)11-6-20-9-21-7-11)14-4-3-12(5-13(10)14)16(17,18)19/h3-9H,2H2,1H3,(H,22,24). The Bertz CT molecular complexity index is 887. The van der Waals surface area contributed by atoms with Gasteiger partial charge in [0.25, 0.3) is 5.91 Å². The lowest BCUT2D eigenvalue weighted by atomic mass is 10.1. The van der Waals surface area contributed by atoms with Gasteiger partial charge in [-0.3, -0.25) is 14.9 Å². The monoisotopic (exact) mass is 334 g/mol. The summed E-state index contributed by atoms with van der Waals surface area (Å²) in [6.07, 6.45) is 1.76. The van der Waals surface area contributed by atoms with Crippen LogP contribution in [-0.2, 0) is 12.6 Å². The fourth-order valence-corrected chi connectivity index (χ4v) is 2.44. The molecular weight excluding hydrogens is 321 g/mol. The van der Waals surface area contributed by atoms with E-state index in [0.29, 0.717) is 22.9 Å². The Hall–Kier alpha value is -2.90. The summed E-state index contributed by atoms with van der Waals surface area (Å²) in [6.45, 7) is 1.84. The number of rotatable bonds is 3. The molecule has 0 aliphatic carbocycles. The highest BCUT2D eigenvalue weighted by molar-refractivity contribution is 6.00. The third-order valence-electron chi connectivity index (χ3n) is 3.64. The highest BCUT2D eigenvalue weighted by Crippen LogP contribution is 2.33. The first-order chi connectivity index (χ1) is 11.4. The van der Waals surface area contributed by atoms with Crippen molar-refractivity contribution >= 4 is 16.8 Å². The molecule has 8 heteroatoms. The van der Waals surface area contributed by atoms with E-state index in [2.05, 4.69) is 15.4 Å². The van der Waals surface area contributed by atoms with Crippen LogP contribution in [0, 0.1) is 0 Å². The van der Waals surface area contributed by atoms with E-state index < -0.39 is 17.6 Å². The molecule has 0 unspecified atom stereocenters. The van der Waals surface area contributed by atoms with Gasteiger partial charge < -0.3 is 0 Å². The Morgan fingerprint density at radius 2 is 1.96 bits per heavy atom. The van der Waals surface area contributed by atoms with Gasteiger partial charge in [0.05, 0.1) is 16.6 Å². The molecule has 0 saturated carbocycles. The molecule has 0 radical (unpaired) electrons. The highest BCUT2D eigenvalue weighted by Gasteiger charge is 2.31. The van der Waals surface area contributed by atoms with Crippen LogP contribution >= 0.6 is 0 Å². The van der Waals surface area contributed by atoms with E-state index >= 15 is 0 Å². The van der Waals surface area contributed by atoms with Gasteiger partial charge in [-0.1, -0.05) is 6.92 Å². The van der Waals surface area contributed by atoms with Gasteiger partial charge in [0.15, 0.2) is 0 Å². The molecule has 0 aliphatic rings. The number of aryl methyl sites for hydroxylation is 1. The summed E-state index contributed by atoms with van der Waals surface area (Å²) in [6, 6.07) is 3.44. The Kier molecular flexibility index (Phi) is 3.96. The zero-order valence-electron chi connectivity index (χ0n) is 12.6. The van der Waals surface area contributed by atoms with Crippen LogP contribution in [0.2, 0.25) is 0 Å². The van der Waals surface area contributed by atoms with Crippen LogP contribution < -0.4 is 5.43 Å². The lowest BCUT2D eigenvalue weighted by molar-refractivity contribution is -0.137. The number of aromatic nitrogens is 3. The fourth-order valence-electron chi connectivity index (χ4n) is 2.44. The molecule has 1 N–H and O–H groups in total. The zero-order valence-corrected chi connectivity index (χ0v) is 12.6. The van der Waals surface area contributed by atoms with E-state index in [1.807, 2.05) is 6.92 Å². The summed E-state index contributed by atoms with van der Waals surface area (Å²) in [4.78, 5) is 19.7. The van der Waals surface area contributed by atoms with E-state index in [0.717, 1.165) is 12.1 Å². The number of amides is 1. The summed E-state index contributed by atoms with van der Waals surface area (Å²) in [5, 5.41) is 0.455. The molecule has 3 aromatic rings. The fraction of sp³-hybridized carbons (Fsp3) is 0.188. The third kappa shape index (κ3) is 2.94. The Morgan fingerprint density at radius 3 is 2.58 bits per heavy atom. The molecule has 0 atom stereocenters. The van der Waals surface area contributed by atoms with Crippen molar-refractivity contribution in [3.05, 3.63) is 59.8 Å². The molecule has 0 aliphatic heterocycles. The van der Waals surface area contributed by atoms with Crippen LogP contribution in [0.15, 0.2) is 43.1 Å². The zero-order chi connectivity index (χ0) is 17.3. The van der Waals surface area contributed by atoms with Crippen LogP contribution in [0.3, 0.4) is 0 Å². The van der Waals surface area contributed by atoms with Crippen LogP contribution in [0.4, 0.5) is 13.2 Å². The van der Waals surface area contributed by atoms with Gasteiger partial charge in [-0.05, 0) is 30.2 Å². The van der Waals surface area contributed by atoms with Crippen molar-refractivity contribution in [2.24, 2.45) is 0 Å². The minimum absolute atomic E-state index is 0.254. The first-order valence-electron chi connectivity index (χ1n) is 7.17. The second kappa shape index (κ2) is 5.95. The topological polar surface area (TPSA) is 59.8 Å². The number of fused-ring (bicyclic) bond motifs is 1. The van der Waals surface area contributed by atoms with Crippen molar-refractivity contribution in [1.82, 2.24) is 14.6 Å². The molecule has 0 bridgehead atoms. The number of benzene rings is 1. The maximum atomic E-state index is 12.9. The van der Waals surface area contributed by atoms with Gasteiger partial charge in [0.2, 0.25) is 0 Å². The van der Waals surface area contributed by atoms with Crippen molar-refractivity contribution in [2.45, 2.75) is 19.5 Å². The molecule has 0 saturated heterocycles. The number of carbonyl (C=O) groups excluding carboxylic acids is 1. The van der Waals surface area contributed by atoms with E-state index in [1.165, 1.54) is 29.5 Å². The Balaban J connectivity index is 2.01. The number of hydrogen-bond acceptors (Lipinski definition) is 3. The maximum Gasteiger partial charge on any atom is 0.416 e. The molecule has 0 spiro atoms. The van der Waals surface area contributed by atoms with Crippen LogP contribution in [-0.4, -0.2) is 20.6 Å². The van der Waals surface area contributed by atoms with Gasteiger partial charge in [-0.2, -0.15) is 13.2 Å². The number of nitrogens with zero attached hydrogens (tertiary/aromatic N) is 3. The van der Waals surface area contributed by atoms with E-state index in [1.54, 1.807) is 6.20 Å². The van der Waals surface area contributed by atoms with Gasteiger partial charge in [0.1, 0.15) is 6.33 Å². The van der Waals surface area contributed by atoms with Crippen molar-refractivity contribution < 1.29 is 18.0 Å². The first-order valence-corrected chi connectivity index (χ1v) is 7.17. The summed E-state index contributed by atoms with van der Waals surface area (Å²) < 4.78 is 40.1. The summed E-state index contributed by atoms with van der Waals surface area (Å²) in [5.74, 6) is -0.449. The maximum absolute atomic E-state index is 12.9. The number of halogens is 3. The van der Waals surface area contributed by atoms with E-state index in [9.17, 15) is 18.0 Å². The minimum atomic E-state index is -4.41. The second-order valence-electron chi connectivity index (χ2n) is 5.18. The number of carbonyl (C=O) groups is 1. The van der Waals surface area contributed by atoms with Crippen LogP contribution in [0.5, 0.6) is 0 Å². The van der Waals surface area contributed by atoms with Crippen LogP contribution in [0.1, 0.15) is 28.4 Å². The first kappa shape index (κ1) is 16.0. The van der Waals surface area contributed by atoms with Crippen molar-refractivity contribution in [2.75, 3.05) is 5.43 Å². The minimum Gasteiger partial charge on any atom is -0.267 e. The molecule has 2 heterocycles. The predicted octanol–water partition coefficient (Wildman–Crippen LogP) is 3.40.